The molecule has 1 saturated heterocycles. The van der Waals surface area contributed by atoms with Crippen molar-refractivity contribution in [3.8, 4) is 0 Å². The van der Waals surface area contributed by atoms with Crippen LogP contribution in [-0.2, 0) is 0 Å². The Kier molecular flexibility index (Phi) is 2.02. The Bertz CT molecular complexity index is 110. The molecule has 0 aromatic heterocycles. The van der Waals surface area contributed by atoms with Gasteiger partial charge >= 0.3 is 0 Å². The van der Waals surface area contributed by atoms with Crippen LogP contribution in [0.3, 0.4) is 0 Å². The van der Waals surface area contributed by atoms with Gasteiger partial charge in [0.15, 0.2) is 0 Å². The highest BCUT2D eigenvalue weighted by Crippen LogP contribution is 2.27. The fourth-order valence-electron chi connectivity index (χ4n) is 1.42. The Morgan fingerprint density at radius 2 is 1.70 bits per heavy atom. The van der Waals surface area contributed by atoms with Crippen molar-refractivity contribution in [2.45, 2.75) is 26.4 Å². The molecule has 60 valence electrons. The normalized spacial score (nSPS) is 49.2. The zero-order chi connectivity index (χ0) is 7.78. The summed E-state index contributed by atoms with van der Waals surface area (Å²) in [5, 5.41) is 13.2. The van der Waals surface area contributed by atoms with Crippen molar-refractivity contribution < 1.29 is 5.11 Å². The lowest BCUT2D eigenvalue weighted by Gasteiger charge is -2.40. The molecule has 0 unspecified atom stereocenters. The Labute approximate surface area is 62.6 Å². The summed E-state index contributed by atoms with van der Waals surface area (Å²) in [5.41, 5.74) is -0.467. The van der Waals surface area contributed by atoms with E-state index in [-0.39, 0.29) is 0 Å². The molecule has 10 heavy (non-hydrogen) atoms. The van der Waals surface area contributed by atoms with Crippen LogP contribution in [0.4, 0.5) is 0 Å². The summed E-state index contributed by atoms with van der Waals surface area (Å²) in [5.74, 6) is 0.743. The molecule has 0 saturated carbocycles. The monoisotopic (exact) mass is 143 g/mol. The fourth-order valence-corrected chi connectivity index (χ4v) is 1.42. The van der Waals surface area contributed by atoms with Crippen LogP contribution in [0.15, 0.2) is 0 Å². The van der Waals surface area contributed by atoms with Crippen LogP contribution in [0.2, 0.25) is 0 Å². The topological polar surface area (TPSA) is 32.3 Å². The van der Waals surface area contributed by atoms with Gasteiger partial charge in [-0.2, -0.15) is 0 Å². The average Bonchev–Trinajstić information content (AvgIpc) is 1.84. The van der Waals surface area contributed by atoms with E-state index in [0.717, 1.165) is 13.1 Å². The van der Waals surface area contributed by atoms with E-state index in [0.29, 0.717) is 11.8 Å². The second kappa shape index (κ2) is 2.51. The molecular weight excluding hydrogens is 126 g/mol. The molecule has 0 aromatic rings. The largest absolute Gasteiger partial charge is 0.390 e. The summed E-state index contributed by atoms with van der Waals surface area (Å²) >= 11 is 0. The number of piperidine rings is 1. The molecule has 1 aliphatic rings. The van der Waals surface area contributed by atoms with E-state index in [1.54, 1.807) is 0 Å². The van der Waals surface area contributed by atoms with Gasteiger partial charge in [0, 0.05) is 13.1 Å². The Morgan fingerprint density at radius 1 is 1.30 bits per heavy atom. The highest BCUT2D eigenvalue weighted by molar-refractivity contribution is 4.90. The van der Waals surface area contributed by atoms with Crippen LogP contribution in [-0.4, -0.2) is 23.8 Å². The van der Waals surface area contributed by atoms with Crippen molar-refractivity contribution in [1.29, 1.82) is 0 Å². The first-order valence-electron chi connectivity index (χ1n) is 3.98. The minimum Gasteiger partial charge on any atom is -0.390 e. The number of aliphatic hydroxyl groups is 1. The third-order valence-corrected chi connectivity index (χ3v) is 2.90. The molecule has 2 N–H and O–H groups in total. The maximum atomic E-state index is 9.87. The minimum atomic E-state index is -0.467. The Balaban J connectivity index is 2.63. The van der Waals surface area contributed by atoms with E-state index in [2.05, 4.69) is 19.2 Å². The molecule has 1 aliphatic heterocycles. The smallest absolute Gasteiger partial charge is 0.0694 e. The average molecular weight is 143 g/mol. The quantitative estimate of drug-likeness (QED) is 0.521. The van der Waals surface area contributed by atoms with Crippen molar-refractivity contribution in [1.82, 2.24) is 5.32 Å². The molecule has 3 atom stereocenters. The lowest BCUT2D eigenvalue weighted by molar-refractivity contribution is -0.0575. The van der Waals surface area contributed by atoms with Gasteiger partial charge < -0.3 is 10.4 Å². The summed E-state index contributed by atoms with van der Waals surface area (Å²) in [6, 6.07) is 0. The van der Waals surface area contributed by atoms with Crippen molar-refractivity contribution in [2.24, 2.45) is 11.8 Å². The summed E-state index contributed by atoms with van der Waals surface area (Å²) in [6.07, 6.45) is 0. The van der Waals surface area contributed by atoms with Gasteiger partial charge in [-0.25, -0.2) is 0 Å². The van der Waals surface area contributed by atoms with Crippen LogP contribution < -0.4 is 5.32 Å². The molecule has 0 bridgehead atoms. The van der Waals surface area contributed by atoms with Crippen molar-refractivity contribution in [2.75, 3.05) is 13.1 Å². The molecule has 0 spiro atoms. The molecule has 0 amide bonds. The predicted octanol–water partition coefficient (Wildman–Crippen LogP) is 0.613. The van der Waals surface area contributed by atoms with Gasteiger partial charge in [-0.05, 0) is 18.8 Å². The molecule has 1 heterocycles. The van der Waals surface area contributed by atoms with Crippen LogP contribution >= 0.6 is 0 Å². The minimum absolute atomic E-state index is 0.372. The van der Waals surface area contributed by atoms with Gasteiger partial charge in [0.1, 0.15) is 0 Å². The first-order chi connectivity index (χ1) is 4.55. The number of nitrogens with one attached hydrogen (secondary N) is 1. The van der Waals surface area contributed by atoms with Crippen molar-refractivity contribution >= 4 is 0 Å². The van der Waals surface area contributed by atoms with E-state index in [9.17, 15) is 5.11 Å². The number of hydrogen-bond donors (Lipinski definition) is 2. The second-order valence-electron chi connectivity index (χ2n) is 3.69. The van der Waals surface area contributed by atoms with Gasteiger partial charge in [-0.15, -0.1) is 0 Å². The summed E-state index contributed by atoms with van der Waals surface area (Å²) in [7, 11) is 0. The highest BCUT2D eigenvalue weighted by atomic mass is 16.3. The molecule has 0 radical (unpaired) electrons. The molecule has 0 aliphatic carbocycles. The maximum Gasteiger partial charge on any atom is 0.0694 e. The van der Waals surface area contributed by atoms with Crippen LogP contribution in [0.5, 0.6) is 0 Å². The van der Waals surface area contributed by atoms with Crippen LogP contribution in [0.1, 0.15) is 20.8 Å². The molecular formula is C8H17NO. The highest BCUT2D eigenvalue weighted by Gasteiger charge is 2.36. The third-order valence-electron chi connectivity index (χ3n) is 2.90. The number of hydrogen-bond acceptors (Lipinski definition) is 2. The Hall–Kier alpha value is -0.0800. The lowest BCUT2D eigenvalue weighted by atomic mass is 9.77. The summed E-state index contributed by atoms with van der Waals surface area (Å²) in [4.78, 5) is 0. The SMILES string of the molecule is C[C@@H]1CNC[C@H](C)[C@@]1(C)O. The van der Waals surface area contributed by atoms with E-state index in [1.807, 2.05) is 6.92 Å². The second-order valence-corrected chi connectivity index (χ2v) is 3.69. The first kappa shape index (κ1) is 8.02. The first-order valence-corrected chi connectivity index (χ1v) is 3.98. The van der Waals surface area contributed by atoms with Crippen molar-refractivity contribution in [3.05, 3.63) is 0 Å². The molecule has 2 nitrogen and oxygen atoms in total. The molecule has 1 rings (SSSR count). The lowest BCUT2D eigenvalue weighted by Crippen LogP contribution is -2.52. The van der Waals surface area contributed by atoms with Crippen LogP contribution in [0.25, 0.3) is 0 Å². The standard InChI is InChI=1S/C8H17NO/c1-6-4-9-5-7(2)8(6,3)10/h6-7,9-10H,4-5H2,1-3H3/t6-,7+,8+. The number of rotatable bonds is 0. The summed E-state index contributed by atoms with van der Waals surface area (Å²) in [6.45, 7) is 7.99. The zero-order valence-electron chi connectivity index (χ0n) is 7.02. The van der Waals surface area contributed by atoms with E-state index in [1.165, 1.54) is 0 Å². The van der Waals surface area contributed by atoms with Gasteiger partial charge in [-0.1, -0.05) is 13.8 Å². The zero-order valence-corrected chi connectivity index (χ0v) is 7.02. The molecule has 1 fully saturated rings. The van der Waals surface area contributed by atoms with Gasteiger partial charge in [0.05, 0.1) is 5.60 Å². The summed E-state index contributed by atoms with van der Waals surface area (Å²) < 4.78 is 0. The van der Waals surface area contributed by atoms with E-state index >= 15 is 0 Å². The van der Waals surface area contributed by atoms with Crippen molar-refractivity contribution in [3.63, 3.8) is 0 Å². The van der Waals surface area contributed by atoms with E-state index in [4.69, 9.17) is 0 Å². The molecule has 0 aromatic carbocycles. The van der Waals surface area contributed by atoms with E-state index < -0.39 is 5.60 Å². The fraction of sp³-hybridized carbons (Fsp3) is 1.00. The van der Waals surface area contributed by atoms with Crippen LogP contribution in [0, 0.1) is 11.8 Å². The third kappa shape index (κ3) is 1.18. The molecule has 2 heteroatoms. The predicted molar refractivity (Wildman–Crippen MR) is 41.8 cm³/mol. The van der Waals surface area contributed by atoms with Gasteiger partial charge in [0.25, 0.3) is 0 Å². The maximum absolute atomic E-state index is 9.87. The van der Waals surface area contributed by atoms with Gasteiger partial charge in [0.2, 0.25) is 0 Å². The van der Waals surface area contributed by atoms with Gasteiger partial charge in [-0.3, -0.25) is 0 Å². The Morgan fingerprint density at radius 3 is 2.00 bits per heavy atom.